The van der Waals surface area contributed by atoms with Gasteiger partial charge in [-0.25, -0.2) is 0 Å². The Morgan fingerprint density at radius 1 is 1.04 bits per heavy atom. The molecular weight excluding hydrogens is 357 g/mol. The number of amides is 1. The summed E-state index contributed by atoms with van der Waals surface area (Å²) in [7, 11) is 0. The molecule has 1 amide bonds. The van der Waals surface area contributed by atoms with Crippen molar-refractivity contribution in [2.75, 3.05) is 0 Å². The lowest BCUT2D eigenvalue weighted by atomic mass is 10.1. The molecule has 2 aromatic rings. The molecule has 2 aromatic carbocycles. The lowest BCUT2D eigenvalue weighted by Gasteiger charge is -2.20. The van der Waals surface area contributed by atoms with Crippen LogP contribution in [-0.4, -0.2) is 11.9 Å². The quantitative estimate of drug-likeness (QED) is 0.748. The van der Waals surface area contributed by atoms with Gasteiger partial charge in [-0.1, -0.05) is 65.1 Å². The SMILES string of the molecule is O=C(NC1CC1)[C@H](Oc1cc(Cl)c(Cl)cc1Cl)c1ccccc1. The summed E-state index contributed by atoms with van der Waals surface area (Å²) in [5.41, 5.74) is 0.743. The van der Waals surface area contributed by atoms with Gasteiger partial charge in [-0.15, -0.1) is 0 Å². The molecule has 0 unspecified atom stereocenters. The molecule has 1 atom stereocenters. The van der Waals surface area contributed by atoms with Crippen LogP contribution in [0.2, 0.25) is 15.1 Å². The number of hydrogen-bond donors (Lipinski definition) is 1. The van der Waals surface area contributed by atoms with Crippen molar-refractivity contribution in [3.63, 3.8) is 0 Å². The van der Waals surface area contributed by atoms with Gasteiger partial charge < -0.3 is 10.1 Å². The van der Waals surface area contributed by atoms with Gasteiger partial charge in [0.1, 0.15) is 5.75 Å². The number of carbonyl (C=O) groups excluding carboxylic acids is 1. The fraction of sp³-hybridized carbons (Fsp3) is 0.235. The number of ether oxygens (including phenoxy) is 1. The third kappa shape index (κ3) is 4.11. The second-order valence-corrected chi connectivity index (χ2v) is 6.61. The monoisotopic (exact) mass is 369 g/mol. The first-order valence-electron chi connectivity index (χ1n) is 7.21. The average Bonchev–Trinajstić information content (AvgIpc) is 3.34. The Morgan fingerprint density at radius 3 is 2.35 bits per heavy atom. The molecule has 23 heavy (non-hydrogen) atoms. The second kappa shape index (κ2) is 7.00. The number of nitrogens with one attached hydrogen (secondary N) is 1. The van der Waals surface area contributed by atoms with Crippen molar-refractivity contribution in [3.05, 3.63) is 63.1 Å². The lowest BCUT2D eigenvalue weighted by molar-refractivity contribution is -0.128. The van der Waals surface area contributed by atoms with Crippen LogP contribution in [0.15, 0.2) is 42.5 Å². The Bertz CT molecular complexity index is 717. The van der Waals surface area contributed by atoms with Crippen LogP contribution in [0.3, 0.4) is 0 Å². The average molecular weight is 371 g/mol. The highest BCUT2D eigenvalue weighted by atomic mass is 35.5. The summed E-state index contributed by atoms with van der Waals surface area (Å²) < 4.78 is 5.87. The van der Waals surface area contributed by atoms with Crippen molar-refractivity contribution in [2.45, 2.75) is 25.0 Å². The summed E-state index contributed by atoms with van der Waals surface area (Å²) in [5, 5.41) is 3.91. The van der Waals surface area contributed by atoms with E-state index in [1.165, 1.54) is 12.1 Å². The topological polar surface area (TPSA) is 38.3 Å². The third-order valence-electron chi connectivity index (χ3n) is 3.48. The maximum atomic E-state index is 12.5. The molecule has 3 rings (SSSR count). The first-order chi connectivity index (χ1) is 11.0. The highest BCUT2D eigenvalue weighted by Gasteiger charge is 2.30. The van der Waals surface area contributed by atoms with Crippen LogP contribution in [-0.2, 0) is 4.79 Å². The molecule has 0 bridgehead atoms. The zero-order valence-electron chi connectivity index (χ0n) is 12.1. The van der Waals surface area contributed by atoms with Crippen molar-refractivity contribution >= 4 is 40.7 Å². The van der Waals surface area contributed by atoms with Crippen LogP contribution in [0.4, 0.5) is 0 Å². The van der Waals surface area contributed by atoms with Crippen LogP contribution < -0.4 is 10.1 Å². The Morgan fingerprint density at radius 2 is 1.70 bits per heavy atom. The zero-order valence-corrected chi connectivity index (χ0v) is 14.3. The molecule has 0 aromatic heterocycles. The summed E-state index contributed by atoms with van der Waals surface area (Å²) in [5.74, 6) is 0.127. The van der Waals surface area contributed by atoms with Crippen LogP contribution in [0.1, 0.15) is 24.5 Å². The predicted molar refractivity (Wildman–Crippen MR) is 92.4 cm³/mol. The molecule has 3 nitrogen and oxygen atoms in total. The Kier molecular flexibility index (Phi) is 5.00. The van der Waals surface area contributed by atoms with Gasteiger partial charge in [-0.05, 0) is 18.9 Å². The van der Waals surface area contributed by atoms with Crippen LogP contribution in [0.25, 0.3) is 0 Å². The molecule has 0 aliphatic heterocycles. The first-order valence-corrected chi connectivity index (χ1v) is 8.34. The normalized spacial score (nSPS) is 15.1. The molecule has 0 heterocycles. The summed E-state index contributed by atoms with van der Waals surface area (Å²) in [6, 6.07) is 12.5. The second-order valence-electron chi connectivity index (χ2n) is 5.39. The van der Waals surface area contributed by atoms with E-state index in [1.54, 1.807) is 0 Å². The van der Waals surface area contributed by atoms with Gasteiger partial charge in [0.15, 0.2) is 0 Å². The van der Waals surface area contributed by atoms with E-state index in [0.29, 0.717) is 20.8 Å². The minimum absolute atomic E-state index is 0.194. The highest BCUT2D eigenvalue weighted by Crippen LogP contribution is 2.36. The van der Waals surface area contributed by atoms with Crippen molar-refractivity contribution in [1.82, 2.24) is 5.32 Å². The van der Waals surface area contributed by atoms with E-state index in [-0.39, 0.29) is 11.9 Å². The molecule has 0 saturated heterocycles. The van der Waals surface area contributed by atoms with Gasteiger partial charge in [0, 0.05) is 17.7 Å². The smallest absolute Gasteiger partial charge is 0.266 e. The van der Waals surface area contributed by atoms with E-state index >= 15 is 0 Å². The van der Waals surface area contributed by atoms with E-state index in [1.807, 2.05) is 30.3 Å². The minimum Gasteiger partial charge on any atom is -0.474 e. The Balaban J connectivity index is 1.89. The molecular formula is C17H14Cl3NO2. The molecule has 0 spiro atoms. The number of rotatable bonds is 5. The minimum atomic E-state index is -0.799. The molecule has 1 aliphatic carbocycles. The van der Waals surface area contributed by atoms with Gasteiger partial charge in [0.2, 0.25) is 6.10 Å². The lowest BCUT2D eigenvalue weighted by Crippen LogP contribution is -2.33. The largest absolute Gasteiger partial charge is 0.474 e. The highest BCUT2D eigenvalue weighted by molar-refractivity contribution is 6.43. The molecule has 1 aliphatic rings. The number of benzene rings is 2. The van der Waals surface area contributed by atoms with Gasteiger partial charge in [0.05, 0.1) is 15.1 Å². The van der Waals surface area contributed by atoms with Gasteiger partial charge in [-0.2, -0.15) is 0 Å². The zero-order chi connectivity index (χ0) is 16.4. The molecule has 1 fully saturated rings. The fourth-order valence-corrected chi connectivity index (χ4v) is 2.71. The molecule has 0 radical (unpaired) electrons. The Hall–Kier alpha value is -1.42. The van der Waals surface area contributed by atoms with Crippen molar-refractivity contribution in [3.8, 4) is 5.75 Å². The van der Waals surface area contributed by atoms with E-state index in [0.717, 1.165) is 18.4 Å². The summed E-state index contributed by atoms with van der Waals surface area (Å²) in [4.78, 5) is 12.5. The predicted octanol–water partition coefficient (Wildman–Crippen LogP) is 5.05. The van der Waals surface area contributed by atoms with E-state index in [4.69, 9.17) is 39.5 Å². The van der Waals surface area contributed by atoms with Crippen LogP contribution in [0, 0.1) is 0 Å². The van der Waals surface area contributed by atoms with Gasteiger partial charge in [0.25, 0.3) is 5.91 Å². The van der Waals surface area contributed by atoms with Gasteiger partial charge >= 0.3 is 0 Å². The van der Waals surface area contributed by atoms with Gasteiger partial charge in [-0.3, -0.25) is 4.79 Å². The maximum Gasteiger partial charge on any atom is 0.266 e. The van der Waals surface area contributed by atoms with Crippen molar-refractivity contribution < 1.29 is 9.53 Å². The third-order valence-corrected chi connectivity index (χ3v) is 4.50. The van der Waals surface area contributed by atoms with E-state index < -0.39 is 6.10 Å². The molecule has 1 N–H and O–H groups in total. The standard InChI is InChI=1S/C17H14Cl3NO2/c18-12-8-14(20)15(9-13(12)19)23-16(10-4-2-1-3-5-10)17(22)21-11-6-7-11/h1-5,8-9,11,16H,6-7H2,(H,21,22)/t16-/m1/s1. The van der Waals surface area contributed by atoms with Crippen molar-refractivity contribution in [2.24, 2.45) is 0 Å². The number of hydrogen-bond acceptors (Lipinski definition) is 2. The first kappa shape index (κ1) is 16.4. The summed E-state index contributed by atoms with van der Waals surface area (Å²) >= 11 is 18.1. The Labute approximate surface area is 149 Å². The summed E-state index contributed by atoms with van der Waals surface area (Å²) in [6.45, 7) is 0. The van der Waals surface area contributed by atoms with Crippen molar-refractivity contribution in [1.29, 1.82) is 0 Å². The maximum absolute atomic E-state index is 12.5. The number of carbonyl (C=O) groups is 1. The van der Waals surface area contributed by atoms with E-state index in [2.05, 4.69) is 5.32 Å². The molecule has 120 valence electrons. The van der Waals surface area contributed by atoms with Crippen LogP contribution >= 0.6 is 34.8 Å². The van der Waals surface area contributed by atoms with Crippen LogP contribution in [0.5, 0.6) is 5.75 Å². The number of halogens is 3. The fourth-order valence-electron chi connectivity index (χ4n) is 2.13. The summed E-state index contributed by atoms with van der Waals surface area (Å²) in [6.07, 6.45) is 1.20. The molecule has 6 heteroatoms. The molecule has 1 saturated carbocycles. The van der Waals surface area contributed by atoms with E-state index in [9.17, 15) is 4.79 Å².